The Bertz CT molecular complexity index is 1010. The van der Waals surface area contributed by atoms with Gasteiger partial charge in [-0.1, -0.05) is 6.07 Å². The zero-order valence-electron chi connectivity index (χ0n) is 13.5. The van der Waals surface area contributed by atoms with Crippen molar-refractivity contribution in [2.24, 2.45) is 0 Å². The van der Waals surface area contributed by atoms with Crippen LogP contribution in [0.25, 0.3) is 22.6 Å². The molecule has 0 bridgehead atoms. The highest BCUT2D eigenvalue weighted by Crippen LogP contribution is 2.23. The molecule has 126 valence electrons. The molecule has 0 unspecified atom stereocenters. The number of H-pyrrole nitrogens is 1. The molecule has 26 heavy (non-hydrogen) atoms. The predicted octanol–water partition coefficient (Wildman–Crippen LogP) is 2.58. The molecule has 4 aromatic heterocycles. The van der Waals surface area contributed by atoms with Crippen molar-refractivity contribution in [3.8, 4) is 22.6 Å². The van der Waals surface area contributed by atoms with Gasteiger partial charge in [-0.3, -0.25) is 29.8 Å². The molecule has 8 nitrogen and oxygen atoms in total. The second kappa shape index (κ2) is 6.89. The molecule has 0 aliphatic rings. The van der Waals surface area contributed by atoms with Gasteiger partial charge in [0.25, 0.3) is 5.91 Å². The van der Waals surface area contributed by atoms with Crippen LogP contribution in [0.15, 0.2) is 67.5 Å². The number of pyridine rings is 2. The van der Waals surface area contributed by atoms with E-state index in [0.29, 0.717) is 22.8 Å². The van der Waals surface area contributed by atoms with Crippen molar-refractivity contribution in [2.75, 3.05) is 5.32 Å². The summed E-state index contributed by atoms with van der Waals surface area (Å²) >= 11 is 0. The van der Waals surface area contributed by atoms with Crippen LogP contribution in [-0.4, -0.2) is 36.0 Å². The van der Waals surface area contributed by atoms with Crippen LogP contribution in [0.5, 0.6) is 0 Å². The average molecular weight is 343 g/mol. The third-order valence-corrected chi connectivity index (χ3v) is 3.66. The number of aromatic nitrogens is 6. The smallest absolute Gasteiger partial charge is 0.274 e. The van der Waals surface area contributed by atoms with Crippen LogP contribution < -0.4 is 5.32 Å². The molecule has 1 amide bonds. The summed E-state index contributed by atoms with van der Waals surface area (Å²) in [5.74, 6) is -0.339. The highest BCUT2D eigenvalue weighted by atomic mass is 16.1. The number of hydrogen-bond donors (Lipinski definition) is 2. The normalized spacial score (nSPS) is 10.5. The largest absolute Gasteiger partial charge is 0.317 e. The standard InChI is InChI=1S/C18H13N7O/c26-18(14-5-4-12(9-22-14)15-10-19-7-8-21-15)24-16-11-23-25-17(16)13-3-1-2-6-20-13/h1-11H,(H,23,25)(H,24,26). The summed E-state index contributed by atoms with van der Waals surface area (Å²) in [6.45, 7) is 0. The predicted molar refractivity (Wildman–Crippen MR) is 95.0 cm³/mol. The number of carbonyl (C=O) groups excluding carboxylic acids is 1. The van der Waals surface area contributed by atoms with Crippen molar-refractivity contribution < 1.29 is 4.79 Å². The van der Waals surface area contributed by atoms with E-state index in [1.54, 1.807) is 43.1 Å². The lowest BCUT2D eigenvalue weighted by Crippen LogP contribution is -2.13. The van der Waals surface area contributed by atoms with Gasteiger partial charge in [0.1, 0.15) is 11.4 Å². The number of aromatic amines is 1. The third kappa shape index (κ3) is 3.16. The van der Waals surface area contributed by atoms with Crippen LogP contribution in [0, 0.1) is 0 Å². The molecule has 0 aliphatic carbocycles. The SMILES string of the molecule is O=C(Nc1cn[nH]c1-c1ccccn1)c1ccc(-c2cnccn2)cn1. The summed E-state index contributed by atoms with van der Waals surface area (Å²) in [4.78, 5) is 29.2. The Morgan fingerprint density at radius 1 is 0.885 bits per heavy atom. The Balaban J connectivity index is 1.54. The molecule has 2 N–H and O–H groups in total. The van der Waals surface area contributed by atoms with Gasteiger partial charge in [0.05, 0.1) is 29.5 Å². The fraction of sp³-hybridized carbons (Fsp3) is 0. The number of nitrogens with one attached hydrogen (secondary N) is 2. The summed E-state index contributed by atoms with van der Waals surface area (Å²) in [6.07, 6.45) is 9.65. The first-order valence-electron chi connectivity index (χ1n) is 7.80. The first kappa shape index (κ1) is 15.6. The summed E-state index contributed by atoms with van der Waals surface area (Å²) in [5.41, 5.74) is 3.62. The molecular weight excluding hydrogens is 330 g/mol. The van der Waals surface area contributed by atoms with Gasteiger partial charge in [-0.25, -0.2) is 0 Å². The number of amides is 1. The van der Waals surface area contributed by atoms with Gasteiger partial charge in [-0.2, -0.15) is 5.10 Å². The monoisotopic (exact) mass is 343 g/mol. The van der Waals surface area contributed by atoms with Crippen LogP contribution in [0.2, 0.25) is 0 Å². The van der Waals surface area contributed by atoms with Gasteiger partial charge in [-0.05, 0) is 24.3 Å². The Morgan fingerprint density at radius 2 is 1.81 bits per heavy atom. The van der Waals surface area contributed by atoms with Crippen molar-refractivity contribution in [3.63, 3.8) is 0 Å². The molecule has 0 aromatic carbocycles. The molecule has 4 rings (SSSR count). The van der Waals surface area contributed by atoms with Gasteiger partial charge in [-0.15, -0.1) is 0 Å². The fourth-order valence-corrected chi connectivity index (χ4v) is 2.40. The number of rotatable bonds is 4. The van der Waals surface area contributed by atoms with Gasteiger partial charge >= 0.3 is 0 Å². The van der Waals surface area contributed by atoms with Gasteiger partial charge in [0.15, 0.2) is 0 Å². The van der Waals surface area contributed by atoms with Gasteiger partial charge in [0, 0.05) is 30.4 Å². The molecule has 8 heteroatoms. The van der Waals surface area contributed by atoms with Crippen LogP contribution >= 0.6 is 0 Å². The zero-order chi connectivity index (χ0) is 17.8. The first-order valence-corrected chi connectivity index (χ1v) is 7.80. The van der Waals surface area contributed by atoms with E-state index in [1.807, 2.05) is 18.2 Å². The number of nitrogens with zero attached hydrogens (tertiary/aromatic N) is 5. The summed E-state index contributed by atoms with van der Waals surface area (Å²) < 4.78 is 0. The van der Waals surface area contributed by atoms with Crippen molar-refractivity contribution in [2.45, 2.75) is 0 Å². The zero-order valence-corrected chi connectivity index (χ0v) is 13.5. The highest BCUT2D eigenvalue weighted by Gasteiger charge is 2.14. The van der Waals surface area contributed by atoms with Crippen molar-refractivity contribution >= 4 is 11.6 Å². The van der Waals surface area contributed by atoms with E-state index in [4.69, 9.17) is 0 Å². The van der Waals surface area contributed by atoms with Crippen LogP contribution in [0.4, 0.5) is 5.69 Å². The van der Waals surface area contributed by atoms with Crippen LogP contribution in [-0.2, 0) is 0 Å². The number of hydrogen-bond acceptors (Lipinski definition) is 6. The van der Waals surface area contributed by atoms with Gasteiger partial charge < -0.3 is 5.32 Å². The molecule has 4 aromatic rings. The summed E-state index contributed by atoms with van der Waals surface area (Å²) in [7, 11) is 0. The van der Waals surface area contributed by atoms with Crippen molar-refractivity contribution in [3.05, 3.63) is 73.2 Å². The minimum absolute atomic E-state index is 0.283. The highest BCUT2D eigenvalue weighted by molar-refractivity contribution is 6.04. The Kier molecular flexibility index (Phi) is 4.13. The van der Waals surface area contributed by atoms with Gasteiger partial charge in [0.2, 0.25) is 0 Å². The summed E-state index contributed by atoms with van der Waals surface area (Å²) in [6, 6.07) is 8.93. The maximum Gasteiger partial charge on any atom is 0.274 e. The van der Waals surface area contributed by atoms with Crippen molar-refractivity contribution in [1.82, 2.24) is 30.1 Å². The third-order valence-electron chi connectivity index (χ3n) is 3.66. The molecule has 0 spiro atoms. The van der Waals surface area contributed by atoms with E-state index in [2.05, 4.69) is 35.5 Å². The van der Waals surface area contributed by atoms with E-state index in [0.717, 1.165) is 5.56 Å². The molecule has 4 heterocycles. The Morgan fingerprint density at radius 3 is 2.54 bits per heavy atom. The lowest BCUT2D eigenvalue weighted by atomic mass is 10.2. The second-order valence-corrected chi connectivity index (χ2v) is 5.35. The quantitative estimate of drug-likeness (QED) is 0.589. The topological polar surface area (TPSA) is 109 Å². The lowest BCUT2D eigenvalue weighted by molar-refractivity contribution is 0.102. The molecule has 0 fully saturated rings. The van der Waals surface area contributed by atoms with E-state index < -0.39 is 0 Å². The molecule has 0 aliphatic heterocycles. The van der Waals surface area contributed by atoms with E-state index in [-0.39, 0.29) is 11.6 Å². The van der Waals surface area contributed by atoms with Crippen molar-refractivity contribution in [1.29, 1.82) is 0 Å². The molecule has 0 saturated carbocycles. The van der Waals surface area contributed by atoms with E-state index >= 15 is 0 Å². The molecule has 0 saturated heterocycles. The second-order valence-electron chi connectivity index (χ2n) is 5.35. The van der Waals surface area contributed by atoms with Crippen LogP contribution in [0.3, 0.4) is 0 Å². The average Bonchev–Trinajstić information content (AvgIpc) is 3.17. The maximum absolute atomic E-state index is 12.5. The number of carbonyl (C=O) groups is 1. The minimum Gasteiger partial charge on any atom is -0.317 e. The maximum atomic E-state index is 12.5. The van der Waals surface area contributed by atoms with E-state index in [9.17, 15) is 4.79 Å². The Hall–Kier alpha value is -3.94. The minimum atomic E-state index is -0.339. The first-order chi connectivity index (χ1) is 12.8. The fourth-order valence-electron chi connectivity index (χ4n) is 2.40. The van der Waals surface area contributed by atoms with E-state index in [1.165, 1.54) is 6.20 Å². The number of anilines is 1. The van der Waals surface area contributed by atoms with Crippen LogP contribution in [0.1, 0.15) is 10.5 Å². The molecule has 0 radical (unpaired) electrons. The lowest BCUT2D eigenvalue weighted by Gasteiger charge is -2.06. The Labute approximate surface area is 148 Å². The summed E-state index contributed by atoms with van der Waals surface area (Å²) in [5, 5.41) is 9.63. The molecule has 0 atom stereocenters. The molecular formula is C18H13N7O.